The lowest BCUT2D eigenvalue weighted by Crippen LogP contribution is -2.30. The van der Waals surface area contributed by atoms with Crippen molar-refractivity contribution in [1.29, 1.82) is 0 Å². The van der Waals surface area contributed by atoms with E-state index in [2.05, 4.69) is 39.8 Å². The SMILES string of the molecule is CC(C)CC(NC(=O)OCc1ccccc1)c1nn[nH]n1. The van der Waals surface area contributed by atoms with Gasteiger partial charge >= 0.3 is 6.09 Å². The minimum atomic E-state index is -0.491. The number of hydrogen-bond donors (Lipinski definition) is 2. The fourth-order valence-corrected chi connectivity index (χ4v) is 1.92. The molecule has 1 atom stereocenters. The quantitative estimate of drug-likeness (QED) is 0.850. The molecule has 2 rings (SSSR count). The highest BCUT2D eigenvalue weighted by atomic mass is 16.5. The van der Waals surface area contributed by atoms with Gasteiger partial charge in [-0.15, -0.1) is 10.2 Å². The molecule has 1 heterocycles. The number of H-pyrrole nitrogens is 1. The Morgan fingerprint density at radius 1 is 1.33 bits per heavy atom. The second kappa shape index (κ2) is 7.37. The number of carbonyl (C=O) groups excluding carboxylic acids is 1. The van der Waals surface area contributed by atoms with E-state index in [0.29, 0.717) is 18.2 Å². The molecule has 112 valence electrons. The van der Waals surface area contributed by atoms with Gasteiger partial charge in [0.05, 0.1) is 6.04 Å². The fraction of sp³-hybridized carbons (Fsp3) is 0.429. The van der Waals surface area contributed by atoms with Crippen LogP contribution in [0, 0.1) is 5.92 Å². The molecule has 0 fully saturated rings. The first kappa shape index (κ1) is 15.0. The molecule has 0 saturated carbocycles. The van der Waals surface area contributed by atoms with Crippen LogP contribution in [0.1, 0.15) is 37.7 Å². The lowest BCUT2D eigenvalue weighted by atomic mass is 10.0. The van der Waals surface area contributed by atoms with Crippen molar-refractivity contribution in [3.05, 3.63) is 41.7 Å². The molecule has 2 aromatic rings. The summed E-state index contributed by atoms with van der Waals surface area (Å²) in [5, 5.41) is 16.5. The summed E-state index contributed by atoms with van der Waals surface area (Å²) in [5.41, 5.74) is 0.938. The molecule has 0 radical (unpaired) electrons. The van der Waals surface area contributed by atoms with Crippen molar-refractivity contribution in [3.63, 3.8) is 0 Å². The van der Waals surface area contributed by atoms with Gasteiger partial charge < -0.3 is 10.1 Å². The van der Waals surface area contributed by atoms with Crippen LogP contribution in [0.3, 0.4) is 0 Å². The van der Waals surface area contributed by atoms with Crippen molar-refractivity contribution in [2.75, 3.05) is 0 Å². The van der Waals surface area contributed by atoms with Crippen LogP contribution in [0.4, 0.5) is 4.79 Å². The van der Waals surface area contributed by atoms with E-state index in [1.54, 1.807) is 0 Å². The molecule has 7 nitrogen and oxygen atoms in total. The van der Waals surface area contributed by atoms with Gasteiger partial charge in [-0.3, -0.25) is 0 Å². The van der Waals surface area contributed by atoms with E-state index >= 15 is 0 Å². The lowest BCUT2D eigenvalue weighted by molar-refractivity contribution is 0.133. The number of tetrazole rings is 1. The molecular weight excluding hydrogens is 270 g/mol. The van der Waals surface area contributed by atoms with E-state index in [-0.39, 0.29) is 12.6 Å². The van der Waals surface area contributed by atoms with E-state index in [9.17, 15) is 4.79 Å². The largest absolute Gasteiger partial charge is 0.445 e. The van der Waals surface area contributed by atoms with Crippen LogP contribution in [0.2, 0.25) is 0 Å². The Labute approximate surface area is 123 Å². The summed E-state index contributed by atoms with van der Waals surface area (Å²) in [5.74, 6) is 0.836. The lowest BCUT2D eigenvalue weighted by Gasteiger charge is -2.17. The number of rotatable bonds is 6. The average Bonchev–Trinajstić information content (AvgIpc) is 2.99. The molecule has 0 aliphatic rings. The fourth-order valence-electron chi connectivity index (χ4n) is 1.92. The summed E-state index contributed by atoms with van der Waals surface area (Å²) in [4.78, 5) is 11.9. The third kappa shape index (κ3) is 4.87. The van der Waals surface area contributed by atoms with Crippen LogP contribution in [-0.2, 0) is 11.3 Å². The normalized spacial score (nSPS) is 12.1. The first-order valence-electron chi connectivity index (χ1n) is 6.85. The summed E-state index contributed by atoms with van der Waals surface area (Å²) in [6.07, 6.45) is 0.217. The van der Waals surface area contributed by atoms with Gasteiger partial charge in [0.25, 0.3) is 0 Å². The number of carbonyl (C=O) groups is 1. The molecule has 2 N–H and O–H groups in total. The van der Waals surface area contributed by atoms with Gasteiger partial charge in [0.2, 0.25) is 0 Å². The van der Waals surface area contributed by atoms with Gasteiger partial charge in [0.1, 0.15) is 6.61 Å². The summed E-state index contributed by atoms with van der Waals surface area (Å²) in [6.45, 7) is 4.35. The molecule has 1 aromatic heterocycles. The van der Waals surface area contributed by atoms with Crippen molar-refractivity contribution in [3.8, 4) is 0 Å². The van der Waals surface area contributed by atoms with Gasteiger partial charge in [0.15, 0.2) is 5.82 Å². The number of alkyl carbamates (subject to hydrolysis) is 1. The number of nitrogens with one attached hydrogen (secondary N) is 2. The Balaban J connectivity index is 1.89. The summed E-state index contributed by atoms with van der Waals surface area (Å²) in [7, 11) is 0. The zero-order valence-corrected chi connectivity index (χ0v) is 12.1. The molecule has 0 spiro atoms. The standard InChI is InChI=1S/C14H19N5O2/c1-10(2)8-12(13-16-18-19-17-13)15-14(20)21-9-11-6-4-3-5-7-11/h3-7,10,12H,8-9H2,1-2H3,(H,15,20)(H,16,17,18,19). The summed E-state index contributed by atoms with van der Waals surface area (Å²) < 4.78 is 5.20. The van der Waals surface area contributed by atoms with Crippen LogP contribution in [0.5, 0.6) is 0 Å². The average molecular weight is 289 g/mol. The van der Waals surface area contributed by atoms with Gasteiger partial charge in [0, 0.05) is 0 Å². The van der Waals surface area contributed by atoms with Crippen LogP contribution < -0.4 is 5.32 Å². The highest BCUT2D eigenvalue weighted by Crippen LogP contribution is 2.17. The van der Waals surface area contributed by atoms with Crippen LogP contribution in [0.15, 0.2) is 30.3 Å². The van der Waals surface area contributed by atoms with Crippen molar-refractivity contribution < 1.29 is 9.53 Å². The molecule has 1 aromatic carbocycles. The van der Waals surface area contributed by atoms with Crippen LogP contribution >= 0.6 is 0 Å². The topological polar surface area (TPSA) is 92.8 Å². The molecule has 0 bridgehead atoms. The molecule has 7 heteroatoms. The minimum absolute atomic E-state index is 0.229. The smallest absolute Gasteiger partial charge is 0.408 e. The predicted molar refractivity (Wildman–Crippen MR) is 76.1 cm³/mol. The number of amides is 1. The zero-order chi connectivity index (χ0) is 15.1. The Morgan fingerprint density at radius 2 is 2.10 bits per heavy atom. The number of nitrogens with zero attached hydrogens (tertiary/aromatic N) is 3. The van der Waals surface area contributed by atoms with Crippen molar-refractivity contribution in [1.82, 2.24) is 25.9 Å². The molecule has 0 saturated heterocycles. The van der Waals surface area contributed by atoms with E-state index < -0.39 is 6.09 Å². The first-order valence-corrected chi connectivity index (χ1v) is 6.85. The van der Waals surface area contributed by atoms with E-state index in [4.69, 9.17) is 4.74 Å². The second-order valence-electron chi connectivity index (χ2n) is 5.16. The zero-order valence-electron chi connectivity index (χ0n) is 12.1. The third-order valence-corrected chi connectivity index (χ3v) is 2.89. The third-order valence-electron chi connectivity index (χ3n) is 2.89. The Morgan fingerprint density at radius 3 is 2.71 bits per heavy atom. The number of benzene rings is 1. The van der Waals surface area contributed by atoms with Gasteiger partial charge in [-0.05, 0) is 17.9 Å². The monoisotopic (exact) mass is 289 g/mol. The number of aromatic amines is 1. The highest BCUT2D eigenvalue weighted by Gasteiger charge is 2.20. The molecular formula is C14H19N5O2. The highest BCUT2D eigenvalue weighted by molar-refractivity contribution is 5.67. The van der Waals surface area contributed by atoms with Crippen molar-refractivity contribution >= 4 is 6.09 Å². The number of hydrogen-bond acceptors (Lipinski definition) is 5. The van der Waals surface area contributed by atoms with Gasteiger partial charge in [-0.1, -0.05) is 49.4 Å². The molecule has 0 aliphatic carbocycles. The minimum Gasteiger partial charge on any atom is -0.445 e. The number of ether oxygens (including phenoxy) is 1. The van der Waals surface area contributed by atoms with E-state index in [1.165, 1.54) is 0 Å². The summed E-state index contributed by atoms with van der Waals surface area (Å²) >= 11 is 0. The first-order chi connectivity index (χ1) is 10.1. The molecule has 21 heavy (non-hydrogen) atoms. The maximum absolute atomic E-state index is 11.9. The maximum atomic E-state index is 11.9. The number of aromatic nitrogens is 4. The van der Waals surface area contributed by atoms with Crippen molar-refractivity contribution in [2.45, 2.75) is 32.9 Å². The summed E-state index contributed by atoms with van der Waals surface area (Å²) in [6, 6.07) is 9.20. The Bertz CT molecular complexity index is 542. The van der Waals surface area contributed by atoms with E-state index in [0.717, 1.165) is 5.56 Å². The molecule has 1 amide bonds. The molecule has 1 unspecified atom stereocenters. The van der Waals surface area contributed by atoms with Crippen LogP contribution in [-0.4, -0.2) is 26.7 Å². The van der Waals surface area contributed by atoms with Gasteiger partial charge in [-0.2, -0.15) is 5.21 Å². The maximum Gasteiger partial charge on any atom is 0.408 e. The van der Waals surface area contributed by atoms with Crippen molar-refractivity contribution in [2.24, 2.45) is 5.92 Å². The second-order valence-corrected chi connectivity index (χ2v) is 5.16. The Kier molecular flexibility index (Phi) is 5.25. The van der Waals surface area contributed by atoms with E-state index in [1.807, 2.05) is 30.3 Å². The van der Waals surface area contributed by atoms with Crippen LogP contribution in [0.25, 0.3) is 0 Å². The Hall–Kier alpha value is -2.44. The molecule has 0 aliphatic heterocycles. The predicted octanol–water partition coefficient (Wildman–Crippen LogP) is 2.21. The van der Waals surface area contributed by atoms with Gasteiger partial charge in [-0.25, -0.2) is 4.79 Å².